The van der Waals surface area contributed by atoms with Crippen LogP contribution in [0.5, 0.6) is 0 Å². The van der Waals surface area contributed by atoms with Crippen LogP contribution < -0.4 is 10.0 Å². The standard InChI is InChI=1S/C13H21N5O2S/c1-3-5-14-7-11-6-13(9-15-11)21(19,20)17-12-8-16-18(4-2)10-12/h6,8-10,14-15,17H,3-5,7H2,1-2H3. The SMILES string of the molecule is CCCNCc1cc(S(=O)(=O)Nc2cnn(CC)c2)c[nH]1. The summed E-state index contributed by atoms with van der Waals surface area (Å²) in [6, 6.07) is 1.63. The molecule has 2 aromatic rings. The molecule has 0 aliphatic carbocycles. The summed E-state index contributed by atoms with van der Waals surface area (Å²) in [5.74, 6) is 0. The highest BCUT2D eigenvalue weighted by molar-refractivity contribution is 7.92. The lowest BCUT2D eigenvalue weighted by molar-refractivity contribution is 0.601. The van der Waals surface area contributed by atoms with E-state index in [1.54, 1.807) is 16.9 Å². The predicted molar refractivity (Wildman–Crippen MR) is 81.5 cm³/mol. The van der Waals surface area contributed by atoms with Gasteiger partial charge >= 0.3 is 0 Å². The number of aromatic amines is 1. The zero-order valence-electron chi connectivity index (χ0n) is 12.3. The van der Waals surface area contributed by atoms with Crippen molar-refractivity contribution >= 4 is 15.7 Å². The van der Waals surface area contributed by atoms with Crippen molar-refractivity contribution < 1.29 is 8.42 Å². The molecule has 0 spiro atoms. The third-order valence-electron chi connectivity index (χ3n) is 2.98. The van der Waals surface area contributed by atoms with Gasteiger partial charge in [-0.1, -0.05) is 6.92 Å². The van der Waals surface area contributed by atoms with Crippen LogP contribution in [0.1, 0.15) is 26.0 Å². The van der Waals surface area contributed by atoms with Gasteiger partial charge in [0.2, 0.25) is 0 Å². The predicted octanol–water partition coefficient (Wildman–Crippen LogP) is 1.53. The van der Waals surface area contributed by atoms with Crippen LogP contribution in [-0.2, 0) is 23.1 Å². The summed E-state index contributed by atoms with van der Waals surface area (Å²) in [7, 11) is -3.58. The Morgan fingerprint density at radius 1 is 1.38 bits per heavy atom. The van der Waals surface area contributed by atoms with E-state index >= 15 is 0 Å². The van der Waals surface area contributed by atoms with Crippen LogP contribution in [0.2, 0.25) is 0 Å². The molecule has 0 radical (unpaired) electrons. The highest BCUT2D eigenvalue weighted by Gasteiger charge is 2.16. The third-order valence-corrected chi connectivity index (χ3v) is 4.34. The smallest absolute Gasteiger partial charge is 0.263 e. The molecule has 7 nitrogen and oxygen atoms in total. The fourth-order valence-electron chi connectivity index (χ4n) is 1.88. The van der Waals surface area contributed by atoms with Crippen molar-refractivity contribution in [2.24, 2.45) is 0 Å². The zero-order chi connectivity index (χ0) is 15.3. The molecule has 3 N–H and O–H groups in total. The average Bonchev–Trinajstić information content (AvgIpc) is 3.08. The molecule has 0 saturated carbocycles. The normalized spacial score (nSPS) is 11.7. The van der Waals surface area contributed by atoms with Gasteiger partial charge in [-0.25, -0.2) is 8.42 Å². The third kappa shape index (κ3) is 4.08. The minimum Gasteiger partial charge on any atom is -0.363 e. The summed E-state index contributed by atoms with van der Waals surface area (Å²) in [6.07, 6.45) is 5.69. The highest BCUT2D eigenvalue weighted by Crippen LogP contribution is 2.16. The molecule has 0 bridgehead atoms. The highest BCUT2D eigenvalue weighted by atomic mass is 32.2. The Balaban J connectivity index is 2.05. The van der Waals surface area contributed by atoms with Crippen LogP contribution in [0, 0.1) is 0 Å². The maximum Gasteiger partial charge on any atom is 0.263 e. The van der Waals surface area contributed by atoms with Crippen LogP contribution in [0.4, 0.5) is 5.69 Å². The number of hydrogen-bond acceptors (Lipinski definition) is 4. The van der Waals surface area contributed by atoms with E-state index in [0.29, 0.717) is 18.8 Å². The van der Waals surface area contributed by atoms with E-state index in [0.717, 1.165) is 18.7 Å². The van der Waals surface area contributed by atoms with Gasteiger partial charge in [-0.2, -0.15) is 5.10 Å². The van der Waals surface area contributed by atoms with Crippen LogP contribution in [0.3, 0.4) is 0 Å². The fraction of sp³-hybridized carbons (Fsp3) is 0.462. The van der Waals surface area contributed by atoms with Gasteiger partial charge in [-0.3, -0.25) is 9.40 Å². The minimum atomic E-state index is -3.58. The molecular weight excluding hydrogens is 290 g/mol. The summed E-state index contributed by atoms with van der Waals surface area (Å²) in [4.78, 5) is 3.19. The first-order valence-corrected chi connectivity index (χ1v) is 8.46. The van der Waals surface area contributed by atoms with E-state index in [2.05, 4.69) is 27.0 Å². The lowest BCUT2D eigenvalue weighted by Crippen LogP contribution is -2.14. The van der Waals surface area contributed by atoms with Gasteiger partial charge in [0, 0.05) is 31.2 Å². The quantitative estimate of drug-likeness (QED) is 0.645. The largest absolute Gasteiger partial charge is 0.363 e. The van der Waals surface area contributed by atoms with Gasteiger partial charge in [-0.05, 0) is 26.0 Å². The molecule has 2 heterocycles. The van der Waals surface area contributed by atoms with E-state index < -0.39 is 10.0 Å². The van der Waals surface area contributed by atoms with Crippen LogP contribution >= 0.6 is 0 Å². The summed E-state index contributed by atoms with van der Waals surface area (Å²) in [5, 5.41) is 7.26. The van der Waals surface area contributed by atoms with Gasteiger partial charge in [0.1, 0.15) is 4.90 Å². The Bertz CT molecular complexity index is 674. The van der Waals surface area contributed by atoms with Crippen LogP contribution in [0.15, 0.2) is 29.6 Å². The van der Waals surface area contributed by atoms with E-state index in [1.165, 1.54) is 12.4 Å². The van der Waals surface area contributed by atoms with Gasteiger partial charge in [0.05, 0.1) is 11.9 Å². The number of hydrogen-bond donors (Lipinski definition) is 3. The molecule has 0 aliphatic heterocycles. The molecule has 0 amide bonds. The molecule has 0 aliphatic rings. The number of aromatic nitrogens is 3. The minimum absolute atomic E-state index is 0.222. The van der Waals surface area contributed by atoms with Crippen molar-refractivity contribution in [3.63, 3.8) is 0 Å². The number of aryl methyl sites for hydroxylation is 1. The Morgan fingerprint density at radius 3 is 2.86 bits per heavy atom. The van der Waals surface area contributed by atoms with E-state index in [-0.39, 0.29) is 4.90 Å². The van der Waals surface area contributed by atoms with Gasteiger partial charge in [0.25, 0.3) is 10.0 Å². The molecule has 21 heavy (non-hydrogen) atoms. The number of sulfonamides is 1. The first-order valence-electron chi connectivity index (χ1n) is 6.98. The van der Waals surface area contributed by atoms with Crippen molar-refractivity contribution in [3.8, 4) is 0 Å². The Kier molecular flexibility index (Phi) is 5.03. The van der Waals surface area contributed by atoms with Crippen LogP contribution in [0.25, 0.3) is 0 Å². The molecule has 0 aromatic carbocycles. The first kappa shape index (κ1) is 15.6. The average molecular weight is 311 g/mol. The Labute approximate surface area is 124 Å². The van der Waals surface area contributed by atoms with Gasteiger partial charge in [0.15, 0.2) is 0 Å². The van der Waals surface area contributed by atoms with Gasteiger partial charge in [-0.15, -0.1) is 0 Å². The maximum absolute atomic E-state index is 12.3. The summed E-state index contributed by atoms with van der Waals surface area (Å²) in [5.41, 5.74) is 1.30. The Morgan fingerprint density at radius 2 is 2.19 bits per heavy atom. The molecule has 0 saturated heterocycles. The molecule has 2 aromatic heterocycles. The van der Waals surface area contributed by atoms with E-state index in [4.69, 9.17) is 0 Å². The Hall–Kier alpha value is -1.80. The summed E-state index contributed by atoms with van der Waals surface area (Å²) >= 11 is 0. The van der Waals surface area contributed by atoms with Crippen LogP contribution in [-0.4, -0.2) is 29.7 Å². The molecular formula is C13H21N5O2S. The lowest BCUT2D eigenvalue weighted by atomic mass is 10.4. The monoisotopic (exact) mass is 311 g/mol. The number of nitrogens with zero attached hydrogens (tertiary/aromatic N) is 2. The number of H-pyrrole nitrogens is 1. The molecule has 0 unspecified atom stereocenters. The molecule has 116 valence electrons. The van der Waals surface area contributed by atoms with E-state index in [9.17, 15) is 8.42 Å². The number of anilines is 1. The topological polar surface area (TPSA) is 91.8 Å². The number of rotatable bonds is 8. The molecule has 8 heteroatoms. The maximum atomic E-state index is 12.3. The second-order valence-electron chi connectivity index (χ2n) is 4.73. The molecule has 0 fully saturated rings. The summed E-state index contributed by atoms with van der Waals surface area (Å²) < 4.78 is 28.7. The lowest BCUT2D eigenvalue weighted by Gasteiger charge is -2.03. The second-order valence-corrected chi connectivity index (χ2v) is 6.41. The van der Waals surface area contributed by atoms with E-state index in [1.807, 2.05) is 6.92 Å². The molecule has 0 atom stereocenters. The van der Waals surface area contributed by atoms with Crippen molar-refractivity contribution in [3.05, 3.63) is 30.4 Å². The van der Waals surface area contributed by atoms with Crippen molar-refractivity contribution in [1.29, 1.82) is 0 Å². The van der Waals surface area contributed by atoms with Crippen molar-refractivity contribution in [1.82, 2.24) is 20.1 Å². The second kappa shape index (κ2) is 6.77. The first-order chi connectivity index (χ1) is 10.0. The van der Waals surface area contributed by atoms with Crippen molar-refractivity contribution in [2.75, 3.05) is 11.3 Å². The summed E-state index contributed by atoms with van der Waals surface area (Å²) in [6.45, 7) is 6.23. The number of nitrogens with one attached hydrogen (secondary N) is 3. The molecule has 2 rings (SSSR count). The van der Waals surface area contributed by atoms with Crippen molar-refractivity contribution in [2.45, 2.75) is 38.3 Å². The zero-order valence-corrected chi connectivity index (χ0v) is 13.1. The fourth-order valence-corrected chi connectivity index (χ4v) is 2.92. The van der Waals surface area contributed by atoms with Gasteiger partial charge < -0.3 is 10.3 Å².